The van der Waals surface area contributed by atoms with Crippen LogP contribution in [0.3, 0.4) is 0 Å². The molecule has 1 N–H and O–H groups in total. The van der Waals surface area contributed by atoms with Gasteiger partial charge in [-0.1, -0.05) is 12.1 Å². The molecule has 0 saturated carbocycles. The molecule has 2 aromatic rings. The largest absolute Gasteiger partial charge is 0.493 e. The maximum absolute atomic E-state index is 14.0. The van der Waals surface area contributed by atoms with Crippen molar-refractivity contribution in [3.05, 3.63) is 80.4 Å². The zero-order valence-corrected chi connectivity index (χ0v) is 21.6. The Labute approximate surface area is 212 Å². The van der Waals surface area contributed by atoms with E-state index in [0.717, 1.165) is 11.3 Å². The average Bonchev–Trinajstić information content (AvgIpc) is 2.84. The van der Waals surface area contributed by atoms with E-state index < -0.39 is 17.7 Å². The lowest BCUT2D eigenvalue weighted by molar-refractivity contribution is -0.138. The van der Waals surface area contributed by atoms with Crippen LogP contribution in [0.1, 0.15) is 49.7 Å². The molecule has 0 spiro atoms. The quantitative estimate of drug-likeness (QED) is 0.483. The van der Waals surface area contributed by atoms with Crippen LogP contribution in [0, 0.1) is 5.82 Å². The standard InChI is InChI=1S/C27H27BrFNO5/c1-5-35-27(32)24-14(2)30-20-11-17(15-7-9-22(33-3)23(13-15)34-4)12-21(31)26(20)25(24)16-6-8-19(29)18(28)10-16/h6-10,13,17,25,30H,5,11-12H2,1-4H3/t17-,25+/m1/s1. The fourth-order valence-electron chi connectivity index (χ4n) is 4.89. The number of halogens is 2. The second-order valence-corrected chi connectivity index (χ2v) is 9.38. The van der Waals surface area contributed by atoms with Gasteiger partial charge in [-0.25, -0.2) is 9.18 Å². The first kappa shape index (κ1) is 25.0. The maximum atomic E-state index is 14.0. The number of benzene rings is 2. The fourth-order valence-corrected chi connectivity index (χ4v) is 5.28. The van der Waals surface area contributed by atoms with Gasteiger partial charge in [-0.15, -0.1) is 0 Å². The molecule has 0 radical (unpaired) electrons. The molecule has 0 amide bonds. The van der Waals surface area contributed by atoms with Gasteiger partial charge in [0.2, 0.25) is 0 Å². The summed E-state index contributed by atoms with van der Waals surface area (Å²) in [6.45, 7) is 3.74. The Balaban J connectivity index is 1.79. The van der Waals surface area contributed by atoms with Crippen molar-refractivity contribution < 1.29 is 28.2 Å². The van der Waals surface area contributed by atoms with E-state index in [1.807, 2.05) is 18.2 Å². The zero-order chi connectivity index (χ0) is 25.3. The van der Waals surface area contributed by atoms with Crippen molar-refractivity contribution in [2.75, 3.05) is 20.8 Å². The Morgan fingerprint density at radius 1 is 1.09 bits per heavy atom. The first-order valence-corrected chi connectivity index (χ1v) is 12.2. The Kier molecular flexibility index (Phi) is 7.31. The van der Waals surface area contributed by atoms with Crippen molar-refractivity contribution >= 4 is 27.7 Å². The van der Waals surface area contributed by atoms with Crippen LogP contribution in [0.25, 0.3) is 0 Å². The van der Waals surface area contributed by atoms with E-state index in [4.69, 9.17) is 14.2 Å². The minimum absolute atomic E-state index is 0.0710. The van der Waals surface area contributed by atoms with Crippen LogP contribution in [-0.4, -0.2) is 32.6 Å². The molecule has 6 nitrogen and oxygen atoms in total. The third-order valence-corrected chi connectivity index (χ3v) is 7.09. The number of esters is 1. The lowest BCUT2D eigenvalue weighted by Crippen LogP contribution is -2.36. The molecular formula is C27H27BrFNO5. The molecular weight excluding hydrogens is 517 g/mol. The monoisotopic (exact) mass is 543 g/mol. The maximum Gasteiger partial charge on any atom is 0.336 e. The van der Waals surface area contributed by atoms with Crippen molar-refractivity contribution in [1.29, 1.82) is 0 Å². The van der Waals surface area contributed by atoms with E-state index >= 15 is 0 Å². The smallest absolute Gasteiger partial charge is 0.336 e. The van der Waals surface area contributed by atoms with Crippen LogP contribution in [0.15, 0.2) is 63.4 Å². The minimum atomic E-state index is -0.652. The third-order valence-electron chi connectivity index (χ3n) is 6.48. The van der Waals surface area contributed by atoms with Gasteiger partial charge in [0.15, 0.2) is 17.3 Å². The van der Waals surface area contributed by atoms with E-state index in [1.54, 1.807) is 40.2 Å². The van der Waals surface area contributed by atoms with Gasteiger partial charge in [-0.05, 0) is 77.5 Å². The summed E-state index contributed by atoms with van der Waals surface area (Å²) in [6.07, 6.45) is 0.840. The highest BCUT2D eigenvalue weighted by atomic mass is 79.9. The summed E-state index contributed by atoms with van der Waals surface area (Å²) in [7, 11) is 3.16. The number of ether oxygens (including phenoxy) is 3. The van der Waals surface area contributed by atoms with Gasteiger partial charge < -0.3 is 19.5 Å². The number of allylic oxidation sites excluding steroid dienone is 3. The lowest BCUT2D eigenvalue weighted by Gasteiger charge is -2.36. The van der Waals surface area contributed by atoms with Gasteiger partial charge in [0.25, 0.3) is 0 Å². The van der Waals surface area contributed by atoms with Crippen molar-refractivity contribution in [1.82, 2.24) is 5.32 Å². The van der Waals surface area contributed by atoms with Gasteiger partial charge in [-0.2, -0.15) is 0 Å². The Morgan fingerprint density at radius 3 is 2.46 bits per heavy atom. The second kappa shape index (κ2) is 10.2. The van der Waals surface area contributed by atoms with Crippen LogP contribution >= 0.6 is 15.9 Å². The molecule has 1 heterocycles. The van der Waals surface area contributed by atoms with Crippen LogP contribution < -0.4 is 14.8 Å². The van der Waals surface area contributed by atoms with Gasteiger partial charge in [0, 0.05) is 29.3 Å². The van der Waals surface area contributed by atoms with Crippen LogP contribution in [-0.2, 0) is 14.3 Å². The third kappa shape index (κ3) is 4.72. The summed E-state index contributed by atoms with van der Waals surface area (Å²) in [6, 6.07) is 10.2. The molecule has 1 aliphatic carbocycles. The second-order valence-electron chi connectivity index (χ2n) is 8.53. The first-order chi connectivity index (χ1) is 16.8. The van der Waals surface area contributed by atoms with Crippen molar-refractivity contribution in [3.63, 3.8) is 0 Å². The number of hydrogen-bond acceptors (Lipinski definition) is 6. The highest BCUT2D eigenvalue weighted by molar-refractivity contribution is 9.10. The van der Waals surface area contributed by atoms with Crippen LogP contribution in [0.2, 0.25) is 0 Å². The summed E-state index contributed by atoms with van der Waals surface area (Å²) < 4.78 is 30.4. The normalized spacial score (nSPS) is 19.8. The molecule has 0 bridgehead atoms. The van der Waals surface area contributed by atoms with Crippen molar-refractivity contribution in [2.24, 2.45) is 0 Å². The minimum Gasteiger partial charge on any atom is -0.493 e. The van der Waals surface area contributed by atoms with E-state index in [-0.39, 0.29) is 29.2 Å². The van der Waals surface area contributed by atoms with Gasteiger partial charge in [0.1, 0.15) is 5.82 Å². The van der Waals surface area contributed by atoms with Crippen LogP contribution in [0.5, 0.6) is 11.5 Å². The summed E-state index contributed by atoms with van der Waals surface area (Å²) in [4.78, 5) is 26.6. The number of Topliss-reactive ketones (excluding diaryl/α,β-unsaturated/α-hetero) is 1. The summed E-state index contributed by atoms with van der Waals surface area (Å²) in [5.74, 6) is -0.494. The Bertz CT molecular complexity index is 1250. The molecule has 4 rings (SSSR count). The number of carbonyl (C=O) groups excluding carboxylic acids is 2. The molecule has 2 aromatic carbocycles. The van der Waals surface area contributed by atoms with E-state index in [9.17, 15) is 14.0 Å². The van der Waals surface area contributed by atoms with Crippen molar-refractivity contribution in [3.8, 4) is 11.5 Å². The van der Waals surface area contributed by atoms with Gasteiger partial charge >= 0.3 is 5.97 Å². The van der Waals surface area contributed by atoms with Crippen molar-refractivity contribution in [2.45, 2.75) is 38.5 Å². The summed E-state index contributed by atoms with van der Waals surface area (Å²) in [5.41, 5.74) is 3.87. The number of dihydropyridines is 1. The Morgan fingerprint density at radius 2 is 1.80 bits per heavy atom. The lowest BCUT2D eigenvalue weighted by atomic mass is 9.71. The number of methoxy groups -OCH3 is 2. The van der Waals surface area contributed by atoms with E-state index in [1.165, 1.54) is 6.07 Å². The average molecular weight is 544 g/mol. The number of hydrogen-bond donors (Lipinski definition) is 1. The zero-order valence-electron chi connectivity index (χ0n) is 20.0. The molecule has 2 aliphatic rings. The predicted octanol–water partition coefficient (Wildman–Crippen LogP) is 5.53. The molecule has 1 aliphatic heterocycles. The van der Waals surface area contributed by atoms with E-state index in [0.29, 0.717) is 40.3 Å². The first-order valence-electron chi connectivity index (χ1n) is 11.4. The predicted molar refractivity (Wildman–Crippen MR) is 133 cm³/mol. The summed E-state index contributed by atoms with van der Waals surface area (Å²) >= 11 is 3.24. The molecule has 35 heavy (non-hydrogen) atoms. The number of carbonyl (C=O) groups is 2. The number of nitrogens with one attached hydrogen (secondary N) is 1. The number of rotatable bonds is 6. The van der Waals surface area contributed by atoms with Crippen LogP contribution in [0.4, 0.5) is 4.39 Å². The van der Waals surface area contributed by atoms with Gasteiger partial charge in [-0.3, -0.25) is 4.79 Å². The topological polar surface area (TPSA) is 73.9 Å². The van der Waals surface area contributed by atoms with E-state index in [2.05, 4.69) is 21.2 Å². The SMILES string of the molecule is CCOC(=O)C1=C(C)NC2=C(C(=O)C[C@H](c3ccc(OC)c(OC)c3)C2)[C@H]1c1ccc(F)c(Br)c1. The Hall–Kier alpha value is -3.13. The summed E-state index contributed by atoms with van der Waals surface area (Å²) in [5, 5.41) is 3.31. The molecule has 0 saturated heterocycles. The molecule has 0 fully saturated rings. The fraction of sp³-hybridized carbons (Fsp3) is 0.333. The molecule has 2 atom stereocenters. The highest BCUT2D eigenvalue weighted by Crippen LogP contribution is 2.47. The molecule has 0 unspecified atom stereocenters. The molecule has 184 valence electrons. The van der Waals surface area contributed by atoms with Gasteiger partial charge in [0.05, 0.1) is 30.9 Å². The molecule has 0 aromatic heterocycles. The highest BCUT2D eigenvalue weighted by Gasteiger charge is 2.41. The number of ketones is 1. The molecule has 8 heteroatoms.